The maximum atomic E-state index is 13.1. The van der Waals surface area contributed by atoms with E-state index in [0.717, 1.165) is 9.13 Å². The first-order valence-electron chi connectivity index (χ1n) is 9.81. The molecule has 0 aliphatic rings. The van der Waals surface area contributed by atoms with Crippen molar-refractivity contribution in [3.8, 4) is 23.5 Å². The molecule has 0 amide bonds. The highest BCUT2D eigenvalue weighted by Crippen LogP contribution is 2.21. The van der Waals surface area contributed by atoms with Crippen molar-refractivity contribution in [1.29, 1.82) is 10.5 Å². The second-order valence-corrected chi connectivity index (χ2v) is 7.61. The number of anilines is 2. The fourth-order valence-electron chi connectivity index (χ4n) is 4.09. The molecule has 0 unspecified atom stereocenters. The predicted octanol–water partition coefficient (Wildman–Crippen LogP) is 0.799. The van der Waals surface area contributed by atoms with Crippen LogP contribution in [0.5, 0.6) is 0 Å². The van der Waals surface area contributed by atoms with Crippen LogP contribution in [0.4, 0.5) is 11.4 Å². The summed E-state index contributed by atoms with van der Waals surface area (Å²) < 4.78 is 1.64. The molecule has 4 N–H and O–H groups in total. The number of hydrogen-bond donors (Lipinski definition) is 2. The molecule has 3 aromatic carbocycles. The smallest absolute Gasteiger partial charge is 0.266 e. The van der Waals surface area contributed by atoms with Gasteiger partial charge in [0.15, 0.2) is 0 Å². The summed E-state index contributed by atoms with van der Waals surface area (Å²) >= 11 is 0. The van der Waals surface area contributed by atoms with Crippen LogP contribution in [0.1, 0.15) is 11.1 Å². The maximum absolute atomic E-state index is 13.1. The number of hydrogen-bond acceptors (Lipinski definition) is 8. The average molecular weight is 448 g/mol. The van der Waals surface area contributed by atoms with Gasteiger partial charge in [0.25, 0.3) is 22.2 Å². The van der Waals surface area contributed by atoms with E-state index >= 15 is 0 Å². The van der Waals surface area contributed by atoms with Gasteiger partial charge in [0.05, 0.1) is 44.0 Å². The minimum Gasteiger partial charge on any atom is -0.399 e. The Morgan fingerprint density at radius 1 is 0.559 bits per heavy atom. The standard InChI is InChI=1S/C24H12N6O4/c25-9-11-5-13(27)1-3-19(11)29-21(31)15-7-17-18(8-16(15)22(29)32)24(34)30(23(17)33)20-4-2-14(28)6-12(20)10-26/h1-8H,27-28H2. The van der Waals surface area contributed by atoms with Gasteiger partial charge in [-0.05, 0) is 48.5 Å². The van der Waals surface area contributed by atoms with Crippen LogP contribution in [0.2, 0.25) is 0 Å². The number of aromatic nitrogens is 2. The highest BCUT2D eigenvalue weighted by Gasteiger charge is 2.22. The lowest BCUT2D eigenvalue weighted by atomic mass is 10.1. The molecule has 2 heterocycles. The number of nitrogens with zero attached hydrogens (tertiary/aromatic N) is 4. The van der Waals surface area contributed by atoms with E-state index in [2.05, 4.69) is 0 Å². The highest BCUT2D eigenvalue weighted by atomic mass is 16.2. The summed E-state index contributed by atoms with van der Waals surface area (Å²) in [5.41, 5.74) is 9.12. The molecule has 0 atom stereocenters. The Kier molecular flexibility index (Phi) is 4.22. The molecule has 10 nitrogen and oxygen atoms in total. The Balaban J connectivity index is 1.86. The van der Waals surface area contributed by atoms with Gasteiger partial charge in [-0.2, -0.15) is 10.5 Å². The summed E-state index contributed by atoms with van der Waals surface area (Å²) in [6.45, 7) is 0. The third-order valence-corrected chi connectivity index (χ3v) is 5.66. The van der Waals surface area contributed by atoms with E-state index in [1.54, 1.807) is 0 Å². The first-order valence-corrected chi connectivity index (χ1v) is 9.81. The molecular formula is C24H12N6O4. The lowest BCUT2D eigenvalue weighted by molar-refractivity contribution is 0.983. The molecule has 162 valence electrons. The molecule has 0 bridgehead atoms. The van der Waals surface area contributed by atoms with Crippen molar-refractivity contribution in [3.63, 3.8) is 0 Å². The van der Waals surface area contributed by atoms with E-state index in [1.165, 1.54) is 48.5 Å². The van der Waals surface area contributed by atoms with Crippen LogP contribution in [0, 0.1) is 22.7 Å². The van der Waals surface area contributed by atoms with Crippen LogP contribution in [-0.4, -0.2) is 9.13 Å². The zero-order valence-electron chi connectivity index (χ0n) is 17.2. The lowest BCUT2D eigenvalue weighted by Crippen LogP contribution is -2.25. The molecular weight excluding hydrogens is 436 g/mol. The van der Waals surface area contributed by atoms with Crippen molar-refractivity contribution < 1.29 is 0 Å². The van der Waals surface area contributed by atoms with E-state index in [-0.39, 0.29) is 55.4 Å². The number of nitriles is 2. The molecule has 0 spiro atoms. The fraction of sp³-hybridized carbons (Fsp3) is 0. The van der Waals surface area contributed by atoms with Crippen molar-refractivity contribution >= 4 is 32.9 Å². The summed E-state index contributed by atoms with van der Waals surface area (Å²) in [5, 5.41) is 18.5. The lowest BCUT2D eigenvalue weighted by Gasteiger charge is -2.04. The van der Waals surface area contributed by atoms with Crippen molar-refractivity contribution in [2.24, 2.45) is 0 Å². The Labute approximate surface area is 189 Å². The molecule has 0 aliphatic heterocycles. The van der Waals surface area contributed by atoms with E-state index in [1.807, 2.05) is 12.1 Å². The van der Waals surface area contributed by atoms with Crippen LogP contribution in [0.3, 0.4) is 0 Å². The summed E-state index contributed by atoms with van der Waals surface area (Å²) in [4.78, 5) is 52.5. The first kappa shape index (κ1) is 20.4. The number of nitrogens with two attached hydrogens (primary N) is 2. The Morgan fingerprint density at radius 3 is 1.18 bits per heavy atom. The maximum Gasteiger partial charge on any atom is 0.266 e. The number of rotatable bonds is 2. The predicted molar refractivity (Wildman–Crippen MR) is 126 cm³/mol. The Morgan fingerprint density at radius 2 is 0.882 bits per heavy atom. The molecule has 0 saturated carbocycles. The molecule has 0 radical (unpaired) electrons. The highest BCUT2D eigenvalue weighted by molar-refractivity contribution is 5.98. The summed E-state index contributed by atoms with van der Waals surface area (Å²) in [5.74, 6) is 0. The molecule has 5 aromatic rings. The minimum absolute atomic E-state index is 0.0211. The third kappa shape index (κ3) is 2.66. The van der Waals surface area contributed by atoms with Gasteiger partial charge in [-0.15, -0.1) is 0 Å². The van der Waals surface area contributed by atoms with Crippen LogP contribution in [-0.2, 0) is 0 Å². The van der Waals surface area contributed by atoms with Crippen LogP contribution >= 0.6 is 0 Å². The normalized spacial score (nSPS) is 11.0. The van der Waals surface area contributed by atoms with Gasteiger partial charge >= 0.3 is 0 Å². The molecule has 10 heteroatoms. The average Bonchev–Trinajstić information content (AvgIpc) is 3.22. The fourth-order valence-corrected chi connectivity index (χ4v) is 4.09. The van der Waals surface area contributed by atoms with Crippen LogP contribution < -0.4 is 33.7 Å². The monoisotopic (exact) mass is 448 g/mol. The zero-order valence-corrected chi connectivity index (χ0v) is 17.2. The number of benzene rings is 3. The van der Waals surface area contributed by atoms with Gasteiger partial charge in [0, 0.05) is 11.4 Å². The number of fused-ring (bicyclic) bond motifs is 2. The van der Waals surface area contributed by atoms with Gasteiger partial charge in [-0.25, -0.2) is 9.13 Å². The van der Waals surface area contributed by atoms with E-state index in [4.69, 9.17) is 11.5 Å². The first-order chi connectivity index (χ1) is 16.3. The minimum atomic E-state index is -0.743. The van der Waals surface area contributed by atoms with Crippen LogP contribution in [0.15, 0.2) is 67.7 Å². The van der Waals surface area contributed by atoms with Gasteiger partial charge in [-0.3, -0.25) is 19.2 Å². The summed E-state index contributed by atoms with van der Waals surface area (Å²) in [7, 11) is 0. The van der Waals surface area contributed by atoms with Crippen molar-refractivity contribution in [3.05, 3.63) is 101 Å². The van der Waals surface area contributed by atoms with Gasteiger partial charge < -0.3 is 11.5 Å². The van der Waals surface area contributed by atoms with E-state index < -0.39 is 22.2 Å². The van der Waals surface area contributed by atoms with Gasteiger partial charge in [-0.1, -0.05) is 0 Å². The summed E-state index contributed by atoms with van der Waals surface area (Å²) in [6, 6.07) is 14.5. The molecule has 0 saturated heterocycles. The Hall–Kier alpha value is -5.48. The third-order valence-electron chi connectivity index (χ3n) is 5.66. The molecule has 0 aliphatic carbocycles. The van der Waals surface area contributed by atoms with Gasteiger partial charge in [0.1, 0.15) is 12.1 Å². The zero-order chi connectivity index (χ0) is 24.3. The SMILES string of the molecule is N#Cc1cc(N)ccc1-n1c(=O)c2cc3c(=O)n(-c4ccc(N)cc4C#N)c(=O)c3cc2c1=O. The molecule has 2 aromatic heterocycles. The molecule has 0 fully saturated rings. The van der Waals surface area contributed by atoms with Crippen molar-refractivity contribution in [2.75, 3.05) is 11.5 Å². The second-order valence-electron chi connectivity index (χ2n) is 7.61. The van der Waals surface area contributed by atoms with Gasteiger partial charge in [0.2, 0.25) is 0 Å². The van der Waals surface area contributed by atoms with Crippen LogP contribution in [0.25, 0.3) is 32.9 Å². The number of nitrogen functional groups attached to an aromatic ring is 2. The largest absolute Gasteiger partial charge is 0.399 e. The molecule has 34 heavy (non-hydrogen) atoms. The van der Waals surface area contributed by atoms with E-state index in [9.17, 15) is 29.7 Å². The quantitative estimate of drug-likeness (QED) is 0.372. The summed E-state index contributed by atoms with van der Waals surface area (Å²) in [6.07, 6.45) is 0. The Bertz CT molecular complexity index is 1770. The molecule has 5 rings (SSSR count). The van der Waals surface area contributed by atoms with E-state index in [0.29, 0.717) is 0 Å². The van der Waals surface area contributed by atoms with Crippen molar-refractivity contribution in [1.82, 2.24) is 9.13 Å². The van der Waals surface area contributed by atoms with Crippen molar-refractivity contribution in [2.45, 2.75) is 0 Å². The second kappa shape index (κ2) is 7.02. The topological polar surface area (TPSA) is 178 Å².